The van der Waals surface area contributed by atoms with Gasteiger partial charge < -0.3 is 4.57 Å². The van der Waals surface area contributed by atoms with E-state index in [4.69, 9.17) is 5.26 Å². The third-order valence-corrected chi connectivity index (χ3v) is 3.97. The van der Waals surface area contributed by atoms with Crippen LogP contribution in [0.1, 0.15) is 24.5 Å². The van der Waals surface area contributed by atoms with E-state index in [1.807, 2.05) is 33.8 Å². The fourth-order valence-electron chi connectivity index (χ4n) is 2.77. The van der Waals surface area contributed by atoms with Crippen LogP contribution in [-0.2, 0) is 6.54 Å². The number of hydrogen-bond donors (Lipinski definition) is 0. The van der Waals surface area contributed by atoms with Crippen molar-refractivity contribution in [1.82, 2.24) is 19.3 Å². The summed E-state index contributed by atoms with van der Waals surface area (Å²) in [4.78, 5) is 4.38. The van der Waals surface area contributed by atoms with E-state index in [1.54, 1.807) is 6.20 Å². The zero-order chi connectivity index (χ0) is 14.9. The lowest BCUT2D eigenvalue weighted by atomic mass is 10.2. The normalized spacial score (nSPS) is 14.0. The van der Waals surface area contributed by atoms with Gasteiger partial charge in [0.15, 0.2) is 0 Å². The Morgan fingerprint density at radius 1 is 1.23 bits per heavy atom. The number of rotatable bonds is 4. The summed E-state index contributed by atoms with van der Waals surface area (Å²) in [5.74, 6) is 1.45. The van der Waals surface area contributed by atoms with Crippen molar-refractivity contribution in [2.75, 3.05) is 0 Å². The lowest BCUT2D eigenvalue weighted by molar-refractivity contribution is 0.807. The minimum atomic E-state index is 0.300. The molecule has 1 aliphatic carbocycles. The molecule has 3 aromatic rings. The summed E-state index contributed by atoms with van der Waals surface area (Å²) in [7, 11) is 0. The molecular formula is C17H15N5. The van der Waals surface area contributed by atoms with E-state index in [-0.39, 0.29) is 0 Å². The standard InChI is InChI=1S/C17H15N5/c18-7-10-21-11-9-19-17(21)14-2-1-3-15(12-14)22-16(6-8-20-22)13-4-5-13/h1-3,6,8-9,11-13H,4-5,10H2. The largest absolute Gasteiger partial charge is 0.317 e. The molecular weight excluding hydrogens is 274 g/mol. The van der Waals surface area contributed by atoms with Crippen molar-refractivity contribution in [2.24, 2.45) is 0 Å². The molecule has 0 saturated heterocycles. The van der Waals surface area contributed by atoms with Crippen LogP contribution in [0.25, 0.3) is 17.1 Å². The van der Waals surface area contributed by atoms with E-state index < -0.39 is 0 Å². The summed E-state index contributed by atoms with van der Waals surface area (Å²) in [5.41, 5.74) is 3.31. The van der Waals surface area contributed by atoms with Gasteiger partial charge in [0.1, 0.15) is 12.4 Å². The molecule has 0 spiro atoms. The Balaban J connectivity index is 1.76. The van der Waals surface area contributed by atoms with Crippen LogP contribution in [0.4, 0.5) is 0 Å². The molecule has 5 nitrogen and oxygen atoms in total. The fraction of sp³-hybridized carbons (Fsp3) is 0.235. The van der Waals surface area contributed by atoms with Crippen LogP contribution in [0, 0.1) is 11.3 Å². The Hall–Kier alpha value is -2.87. The van der Waals surface area contributed by atoms with Gasteiger partial charge >= 0.3 is 0 Å². The van der Waals surface area contributed by atoms with Crippen molar-refractivity contribution < 1.29 is 0 Å². The highest BCUT2D eigenvalue weighted by molar-refractivity contribution is 5.59. The second kappa shape index (κ2) is 5.15. The first-order valence-electron chi connectivity index (χ1n) is 7.39. The molecule has 4 rings (SSSR count). The number of hydrogen-bond acceptors (Lipinski definition) is 3. The van der Waals surface area contributed by atoms with Crippen molar-refractivity contribution in [1.29, 1.82) is 5.26 Å². The average Bonchev–Trinajstić information content (AvgIpc) is 3.09. The second-order valence-electron chi connectivity index (χ2n) is 5.53. The van der Waals surface area contributed by atoms with Crippen LogP contribution >= 0.6 is 0 Å². The van der Waals surface area contributed by atoms with Crippen LogP contribution in [0.5, 0.6) is 0 Å². The molecule has 2 aromatic heterocycles. The Labute approximate surface area is 128 Å². The van der Waals surface area contributed by atoms with Gasteiger partial charge in [0.2, 0.25) is 0 Å². The molecule has 108 valence electrons. The van der Waals surface area contributed by atoms with Crippen molar-refractivity contribution >= 4 is 0 Å². The third-order valence-electron chi connectivity index (χ3n) is 3.97. The van der Waals surface area contributed by atoms with Crippen LogP contribution < -0.4 is 0 Å². The molecule has 0 atom stereocenters. The predicted octanol–water partition coefficient (Wildman–Crippen LogP) is 3.14. The Kier molecular flexibility index (Phi) is 3.01. The molecule has 0 bridgehead atoms. The van der Waals surface area contributed by atoms with Gasteiger partial charge in [-0.3, -0.25) is 0 Å². The number of imidazole rings is 1. The molecule has 2 heterocycles. The van der Waals surface area contributed by atoms with Gasteiger partial charge in [-0.05, 0) is 31.0 Å². The molecule has 22 heavy (non-hydrogen) atoms. The number of nitriles is 1. The summed E-state index contributed by atoms with van der Waals surface area (Å²) in [6.45, 7) is 0.300. The lowest BCUT2D eigenvalue weighted by Crippen LogP contribution is -2.02. The fourth-order valence-corrected chi connectivity index (χ4v) is 2.77. The van der Waals surface area contributed by atoms with Gasteiger partial charge in [0, 0.05) is 35.8 Å². The zero-order valence-electron chi connectivity index (χ0n) is 12.1. The van der Waals surface area contributed by atoms with Crippen LogP contribution in [0.15, 0.2) is 48.9 Å². The van der Waals surface area contributed by atoms with E-state index in [0.29, 0.717) is 12.5 Å². The quantitative estimate of drug-likeness (QED) is 0.741. The van der Waals surface area contributed by atoms with E-state index in [2.05, 4.69) is 34.4 Å². The highest BCUT2D eigenvalue weighted by Crippen LogP contribution is 2.40. The maximum absolute atomic E-state index is 8.91. The van der Waals surface area contributed by atoms with Gasteiger partial charge in [-0.25, -0.2) is 9.67 Å². The maximum Gasteiger partial charge on any atom is 0.140 e. The first kappa shape index (κ1) is 12.8. The first-order valence-corrected chi connectivity index (χ1v) is 7.39. The Bertz CT molecular complexity index is 848. The number of benzene rings is 1. The third kappa shape index (κ3) is 2.19. The zero-order valence-corrected chi connectivity index (χ0v) is 12.1. The summed E-state index contributed by atoms with van der Waals surface area (Å²) >= 11 is 0. The van der Waals surface area contributed by atoms with Gasteiger partial charge in [-0.2, -0.15) is 10.4 Å². The van der Waals surface area contributed by atoms with E-state index in [9.17, 15) is 0 Å². The van der Waals surface area contributed by atoms with Crippen molar-refractivity contribution in [3.05, 3.63) is 54.6 Å². The van der Waals surface area contributed by atoms with E-state index in [1.165, 1.54) is 18.5 Å². The van der Waals surface area contributed by atoms with E-state index >= 15 is 0 Å². The molecule has 0 N–H and O–H groups in total. The summed E-state index contributed by atoms with van der Waals surface area (Å²) in [6, 6.07) is 12.4. The summed E-state index contributed by atoms with van der Waals surface area (Å²) in [5, 5.41) is 13.4. The van der Waals surface area contributed by atoms with Crippen molar-refractivity contribution in [3.63, 3.8) is 0 Å². The van der Waals surface area contributed by atoms with Crippen LogP contribution in [0.2, 0.25) is 0 Å². The number of nitrogens with zero attached hydrogens (tertiary/aromatic N) is 5. The minimum absolute atomic E-state index is 0.300. The lowest BCUT2D eigenvalue weighted by Gasteiger charge is -2.09. The molecule has 0 radical (unpaired) electrons. The number of aromatic nitrogens is 4. The average molecular weight is 289 g/mol. The van der Waals surface area contributed by atoms with Gasteiger partial charge in [0.25, 0.3) is 0 Å². The SMILES string of the molecule is N#CCn1ccnc1-c1cccc(-n2nccc2C2CC2)c1. The molecule has 1 aromatic carbocycles. The van der Waals surface area contributed by atoms with Gasteiger partial charge in [-0.1, -0.05) is 12.1 Å². The smallest absolute Gasteiger partial charge is 0.140 e. The molecule has 1 aliphatic rings. The van der Waals surface area contributed by atoms with Crippen molar-refractivity contribution in [2.45, 2.75) is 25.3 Å². The Morgan fingerprint density at radius 3 is 2.95 bits per heavy atom. The highest BCUT2D eigenvalue weighted by atomic mass is 15.3. The van der Waals surface area contributed by atoms with Gasteiger partial charge in [-0.15, -0.1) is 0 Å². The molecule has 1 fully saturated rings. The highest BCUT2D eigenvalue weighted by Gasteiger charge is 2.27. The molecule has 0 aliphatic heterocycles. The summed E-state index contributed by atoms with van der Waals surface area (Å²) in [6.07, 6.45) is 7.91. The first-order chi connectivity index (χ1) is 10.9. The topological polar surface area (TPSA) is 59.4 Å². The molecule has 1 saturated carbocycles. The Morgan fingerprint density at radius 2 is 2.14 bits per heavy atom. The monoisotopic (exact) mass is 289 g/mol. The predicted molar refractivity (Wildman–Crippen MR) is 82.4 cm³/mol. The van der Waals surface area contributed by atoms with Crippen LogP contribution in [0.3, 0.4) is 0 Å². The maximum atomic E-state index is 8.91. The van der Waals surface area contributed by atoms with Gasteiger partial charge in [0.05, 0.1) is 11.8 Å². The molecule has 5 heteroatoms. The summed E-state index contributed by atoms with van der Waals surface area (Å²) < 4.78 is 3.86. The van der Waals surface area contributed by atoms with Crippen molar-refractivity contribution in [3.8, 4) is 23.1 Å². The molecule has 0 amide bonds. The minimum Gasteiger partial charge on any atom is -0.317 e. The van der Waals surface area contributed by atoms with Crippen LogP contribution in [-0.4, -0.2) is 19.3 Å². The second-order valence-corrected chi connectivity index (χ2v) is 5.53. The van der Waals surface area contributed by atoms with E-state index in [0.717, 1.165) is 17.1 Å². The molecule has 0 unspecified atom stereocenters.